The van der Waals surface area contributed by atoms with Crippen molar-refractivity contribution in [2.75, 3.05) is 32.8 Å². The monoisotopic (exact) mass is 330 g/mol. The van der Waals surface area contributed by atoms with Gasteiger partial charge in [-0.1, -0.05) is 18.2 Å². The zero-order valence-electron chi connectivity index (χ0n) is 13.3. The summed E-state index contributed by atoms with van der Waals surface area (Å²) in [4.78, 5) is 14.9. The molecule has 0 radical (unpaired) electrons. The summed E-state index contributed by atoms with van der Waals surface area (Å²) in [5.74, 6) is -0.00316. The van der Waals surface area contributed by atoms with Crippen molar-refractivity contribution in [3.8, 4) is 0 Å². The van der Waals surface area contributed by atoms with Crippen molar-refractivity contribution in [1.29, 1.82) is 0 Å². The molecule has 0 spiro atoms. The number of rotatable bonds is 5. The first-order chi connectivity index (χ1) is 11.3. The van der Waals surface area contributed by atoms with Crippen LogP contribution in [0.15, 0.2) is 41.1 Å². The number of nitrogens with one attached hydrogen (secondary N) is 1. The predicted octanol–water partition coefficient (Wildman–Crippen LogP) is 2.86. The van der Waals surface area contributed by atoms with E-state index < -0.39 is 0 Å². The average molecular weight is 330 g/mol. The molecule has 0 aliphatic carbocycles. The van der Waals surface area contributed by atoms with E-state index >= 15 is 0 Å². The SMILES string of the molecule is Cc1ccccc1C(=O)NCC(c1ccsc1)N1CCOCC1. The molecule has 1 amide bonds. The summed E-state index contributed by atoms with van der Waals surface area (Å²) in [5, 5.41) is 7.36. The molecule has 2 aromatic rings. The van der Waals surface area contributed by atoms with E-state index in [-0.39, 0.29) is 11.9 Å². The van der Waals surface area contributed by atoms with Gasteiger partial charge < -0.3 is 10.1 Å². The van der Waals surface area contributed by atoms with E-state index in [9.17, 15) is 4.79 Å². The number of hydrogen-bond acceptors (Lipinski definition) is 4. The van der Waals surface area contributed by atoms with Crippen LogP contribution in [0.3, 0.4) is 0 Å². The molecule has 122 valence electrons. The summed E-state index contributed by atoms with van der Waals surface area (Å²) in [6.07, 6.45) is 0. The van der Waals surface area contributed by atoms with Crippen LogP contribution in [0.5, 0.6) is 0 Å². The molecule has 1 N–H and O–H groups in total. The molecule has 0 bridgehead atoms. The lowest BCUT2D eigenvalue weighted by atomic mass is 10.1. The molecule has 2 heterocycles. The van der Waals surface area contributed by atoms with Gasteiger partial charge in [0.2, 0.25) is 0 Å². The molecule has 0 saturated carbocycles. The molecular formula is C18H22N2O2S. The van der Waals surface area contributed by atoms with E-state index in [2.05, 4.69) is 27.0 Å². The lowest BCUT2D eigenvalue weighted by Gasteiger charge is -2.34. The normalized spacial score (nSPS) is 16.9. The predicted molar refractivity (Wildman–Crippen MR) is 93.0 cm³/mol. The van der Waals surface area contributed by atoms with E-state index in [1.54, 1.807) is 11.3 Å². The highest BCUT2D eigenvalue weighted by molar-refractivity contribution is 7.07. The van der Waals surface area contributed by atoms with E-state index in [1.807, 2.05) is 31.2 Å². The maximum atomic E-state index is 12.5. The molecular weight excluding hydrogens is 308 g/mol. The molecule has 1 fully saturated rings. The highest BCUT2D eigenvalue weighted by Crippen LogP contribution is 2.23. The zero-order valence-corrected chi connectivity index (χ0v) is 14.1. The first kappa shape index (κ1) is 16.2. The molecule has 1 saturated heterocycles. The van der Waals surface area contributed by atoms with E-state index in [1.165, 1.54) is 5.56 Å². The first-order valence-electron chi connectivity index (χ1n) is 7.93. The van der Waals surface area contributed by atoms with Crippen LogP contribution < -0.4 is 5.32 Å². The number of carbonyl (C=O) groups is 1. The number of nitrogens with zero attached hydrogens (tertiary/aromatic N) is 1. The van der Waals surface area contributed by atoms with Gasteiger partial charge in [0.1, 0.15) is 0 Å². The van der Waals surface area contributed by atoms with Crippen molar-refractivity contribution in [2.45, 2.75) is 13.0 Å². The van der Waals surface area contributed by atoms with Crippen LogP contribution in [0.2, 0.25) is 0 Å². The summed E-state index contributed by atoms with van der Waals surface area (Å²) >= 11 is 1.69. The number of benzene rings is 1. The third-order valence-electron chi connectivity index (χ3n) is 4.26. The lowest BCUT2D eigenvalue weighted by molar-refractivity contribution is 0.0163. The Balaban J connectivity index is 1.69. The van der Waals surface area contributed by atoms with Crippen molar-refractivity contribution < 1.29 is 9.53 Å². The molecule has 1 atom stereocenters. The van der Waals surface area contributed by atoms with Crippen molar-refractivity contribution in [3.63, 3.8) is 0 Å². The third kappa shape index (κ3) is 3.99. The summed E-state index contributed by atoms with van der Waals surface area (Å²) in [7, 11) is 0. The van der Waals surface area contributed by atoms with Crippen LogP contribution in [0.25, 0.3) is 0 Å². The van der Waals surface area contributed by atoms with Gasteiger partial charge in [0.25, 0.3) is 5.91 Å². The Kier molecular flexibility index (Phi) is 5.43. The Morgan fingerprint density at radius 2 is 2.09 bits per heavy atom. The molecule has 23 heavy (non-hydrogen) atoms. The second-order valence-electron chi connectivity index (χ2n) is 5.75. The Hall–Kier alpha value is -1.69. The second kappa shape index (κ2) is 7.73. The van der Waals surface area contributed by atoms with Crippen molar-refractivity contribution in [1.82, 2.24) is 10.2 Å². The quantitative estimate of drug-likeness (QED) is 0.916. The fourth-order valence-corrected chi connectivity index (χ4v) is 3.63. The average Bonchev–Trinajstić information content (AvgIpc) is 3.10. The van der Waals surface area contributed by atoms with E-state index in [0.29, 0.717) is 6.54 Å². The van der Waals surface area contributed by atoms with Crippen molar-refractivity contribution in [3.05, 3.63) is 57.8 Å². The Bertz CT molecular complexity index is 636. The fourth-order valence-electron chi connectivity index (χ4n) is 2.92. The van der Waals surface area contributed by atoms with Crippen molar-refractivity contribution >= 4 is 17.2 Å². The Labute approximate surface area is 141 Å². The minimum Gasteiger partial charge on any atom is -0.379 e. The first-order valence-corrected chi connectivity index (χ1v) is 8.87. The maximum Gasteiger partial charge on any atom is 0.251 e. The molecule has 1 aliphatic rings. The Morgan fingerprint density at radius 3 is 2.78 bits per heavy atom. The molecule has 1 unspecified atom stereocenters. The number of hydrogen-bond donors (Lipinski definition) is 1. The molecule has 3 rings (SSSR count). The molecule has 1 aromatic carbocycles. The van der Waals surface area contributed by atoms with Crippen LogP contribution in [0.1, 0.15) is 27.5 Å². The van der Waals surface area contributed by atoms with Gasteiger partial charge in [-0.3, -0.25) is 9.69 Å². The number of aryl methyl sites for hydroxylation is 1. The summed E-state index contributed by atoms with van der Waals surface area (Å²) in [6, 6.07) is 10.0. The van der Waals surface area contributed by atoms with E-state index in [4.69, 9.17) is 4.74 Å². The summed E-state index contributed by atoms with van der Waals surface area (Å²) in [6.45, 7) is 5.90. The third-order valence-corrected chi connectivity index (χ3v) is 4.96. The second-order valence-corrected chi connectivity index (χ2v) is 6.53. The van der Waals surface area contributed by atoms with Gasteiger partial charge in [0.15, 0.2) is 0 Å². The lowest BCUT2D eigenvalue weighted by Crippen LogP contribution is -2.43. The number of ether oxygens (including phenoxy) is 1. The largest absolute Gasteiger partial charge is 0.379 e. The van der Waals surface area contributed by atoms with Gasteiger partial charge in [0, 0.05) is 25.2 Å². The van der Waals surface area contributed by atoms with E-state index in [0.717, 1.165) is 37.4 Å². The van der Waals surface area contributed by atoms with Crippen LogP contribution in [0.4, 0.5) is 0 Å². The summed E-state index contributed by atoms with van der Waals surface area (Å²) < 4.78 is 5.45. The molecule has 1 aliphatic heterocycles. The highest BCUT2D eigenvalue weighted by Gasteiger charge is 2.23. The molecule has 5 heteroatoms. The van der Waals surface area contributed by atoms with Crippen LogP contribution in [-0.4, -0.2) is 43.7 Å². The summed E-state index contributed by atoms with van der Waals surface area (Å²) in [5.41, 5.74) is 3.02. The zero-order chi connectivity index (χ0) is 16.1. The standard InChI is InChI=1S/C18H22N2O2S/c1-14-4-2-3-5-16(14)18(21)19-12-17(15-6-11-23-13-15)20-7-9-22-10-8-20/h2-6,11,13,17H,7-10,12H2,1H3,(H,19,21). The number of amides is 1. The van der Waals surface area contributed by atoms with Crippen molar-refractivity contribution in [2.24, 2.45) is 0 Å². The minimum absolute atomic E-state index is 0.00316. The smallest absolute Gasteiger partial charge is 0.251 e. The number of carbonyl (C=O) groups excluding carboxylic acids is 1. The van der Waals surface area contributed by atoms with Gasteiger partial charge >= 0.3 is 0 Å². The van der Waals surface area contributed by atoms with Gasteiger partial charge in [-0.05, 0) is 40.9 Å². The topological polar surface area (TPSA) is 41.6 Å². The van der Waals surface area contributed by atoms with Crippen LogP contribution in [-0.2, 0) is 4.74 Å². The minimum atomic E-state index is -0.00316. The fraction of sp³-hybridized carbons (Fsp3) is 0.389. The molecule has 1 aromatic heterocycles. The van der Waals surface area contributed by atoms with Gasteiger partial charge in [-0.2, -0.15) is 11.3 Å². The van der Waals surface area contributed by atoms with Crippen LogP contribution in [0, 0.1) is 6.92 Å². The van der Waals surface area contributed by atoms with Crippen LogP contribution >= 0.6 is 11.3 Å². The van der Waals surface area contributed by atoms with Gasteiger partial charge in [0.05, 0.1) is 19.3 Å². The Morgan fingerprint density at radius 1 is 1.30 bits per heavy atom. The van der Waals surface area contributed by atoms with Gasteiger partial charge in [-0.25, -0.2) is 0 Å². The number of thiophene rings is 1. The number of morpholine rings is 1. The molecule has 4 nitrogen and oxygen atoms in total. The highest BCUT2D eigenvalue weighted by atomic mass is 32.1. The maximum absolute atomic E-state index is 12.5. The van der Waals surface area contributed by atoms with Gasteiger partial charge in [-0.15, -0.1) is 0 Å².